The van der Waals surface area contributed by atoms with E-state index < -0.39 is 11.9 Å². The van der Waals surface area contributed by atoms with Gasteiger partial charge in [-0.25, -0.2) is 0 Å². The molecule has 0 saturated heterocycles. The highest BCUT2D eigenvalue weighted by Gasteiger charge is 2.23. The molecule has 1 heterocycles. The number of primary amides is 1. The van der Waals surface area contributed by atoms with Crippen LogP contribution < -0.4 is 11.1 Å². The molecule has 0 fully saturated rings. The lowest BCUT2D eigenvalue weighted by atomic mass is 10.1. The van der Waals surface area contributed by atoms with Crippen molar-refractivity contribution in [1.29, 1.82) is 0 Å². The minimum Gasteiger partial charge on any atom is -0.368 e. The van der Waals surface area contributed by atoms with Crippen LogP contribution in [0.4, 0.5) is 0 Å². The predicted octanol–water partition coefficient (Wildman–Crippen LogP) is 2.08. The number of carbonyl (C=O) groups excluding carboxylic acids is 2. The maximum atomic E-state index is 12.5. The molecule has 3 N–H and O–H groups in total. The van der Waals surface area contributed by atoms with Crippen molar-refractivity contribution in [2.24, 2.45) is 5.73 Å². The fourth-order valence-corrected chi connectivity index (χ4v) is 2.69. The fraction of sp³-hybridized carbons (Fsp3) is 0.294. The van der Waals surface area contributed by atoms with Gasteiger partial charge in [-0.2, -0.15) is 0 Å². The van der Waals surface area contributed by atoms with Gasteiger partial charge < -0.3 is 15.6 Å². The van der Waals surface area contributed by atoms with Crippen LogP contribution in [0.15, 0.2) is 36.4 Å². The van der Waals surface area contributed by atoms with Crippen LogP contribution in [0.5, 0.6) is 0 Å². The van der Waals surface area contributed by atoms with Crippen molar-refractivity contribution in [3.63, 3.8) is 0 Å². The summed E-state index contributed by atoms with van der Waals surface area (Å²) >= 11 is 0. The first kappa shape index (κ1) is 15.8. The van der Waals surface area contributed by atoms with Gasteiger partial charge in [0.25, 0.3) is 5.91 Å². The Morgan fingerprint density at radius 1 is 1.23 bits per heavy atom. The number of nitrogens with zero attached hydrogens (tertiary/aromatic N) is 1. The van der Waals surface area contributed by atoms with E-state index in [2.05, 4.69) is 9.88 Å². The van der Waals surface area contributed by atoms with Gasteiger partial charge >= 0.3 is 0 Å². The van der Waals surface area contributed by atoms with Crippen LogP contribution in [0, 0.1) is 13.8 Å². The van der Waals surface area contributed by atoms with Gasteiger partial charge in [-0.3, -0.25) is 9.59 Å². The van der Waals surface area contributed by atoms with Gasteiger partial charge in [-0.1, -0.05) is 30.3 Å². The highest BCUT2D eigenvalue weighted by atomic mass is 16.2. The smallest absolute Gasteiger partial charge is 0.254 e. The monoisotopic (exact) mass is 299 g/mol. The molecule has 116 valence electrons. The molecular formula is C17H21N3O2. The number of aryl methyl sites for hydroxylation is 1. The average Bonchev–Trinajstić information content (AvgIpc) is 2.79. The Morgan fingerprint density at radius 2 is 1.86 bits per heavy atom. The quantitative estimate of drug-likeness (QED) is 0.886. The Morgan fingerprint density at radius 3 is 2.36 bits per heavy atom. The molecule has 0 aliphatic carbocycles. The van der Waals surface area contributed by atoms with Crippen molar-refractivity contribution in [2.45, 2.75) is 33.4 Å². The van der Waals surface area contributed by atoms with Gasteiger partial charge in [0.2, 0.25) is 5.91 Å². The van der Waals surface area contributed by atoms with Crippen LogP contribution in [0.25, 0.3) is 0 Å². The maximum absolute atomic E-state index is 12.5. The minimum absolute atomic E-state index is 0.291. The zero-order valence-electron chi connectivity index (χ0n) is 13.1. The van der Waals surface area contributed by atoms with Crippen molar-refractivity contribution < 1.29 is 9.59 Å². The molecule has 1 aromatic carbocycles. The molecule has 2 rings (SSSR count). The van der Waals surface area contributed by atoms with Gasteiger partial charge in [-0.05, 0) is 32.4 Å². The first-order chi connectivity index (χ1) is 10.5. The Hall–Kier alpha value is -2.56. The zero-order valence-corrected chi connectivity index (χ0v) is 13.1. The van der Waals surface area contributed by atoms with E-state index in [1.807, 2.05) is 32.9 Å². The molecule has 0 radical (unpaired) electrons. The zero-order chi connectivity index (χ0) is 16.3. The number of rotatable bonds is 5. The van der Waals surface area contributed by atoms with E-state index in [4.69, 9.17) is 5.73 Å². The lowest BCUT2D eigenvalue weighted by Crippen LogP contribution is -2.37. The number of nitrogens with one attached hydrogen (secondary N) is 1. The summed E-state index contributed by atoms with van der Waals surface area (Å²) in [4.78, 5) is 24.2. The third-order valence-electron chi connectivity index (χ3n) is 3.83. The number of hydrogen-bond acceptors (Lipinski definition) is 2. The Labute approximate surface area is 130 Å². The third-order valence-corrected chi connectivity index (χ3v) is 3.83. The van der Waals surface area contributed by atoms with Crippen molar-refractivity contribution in [3.05, 3.63) is 58.9 Å². The third kappa shape index (κ3) is 3.03. The van der Waals surface area contributed by atoms with Crippen LogP contribution >= 0.6 is 0 Å². The molecule has 0 saturated carbocycles. The number of amides is 2. The molecule has 1 atom stereocenters. The van der Waals surface area contributed by atoms with E-state index in [1.165, 1.54) is 0 Å². The van der Waals surface area contributed by atoms with Gasteiger partial charge in [0, 0.05) is 17.9 Å². The molecular weight excluding hydrogens is 278 g/mol. The maximum Gasteiger partial charge on any atom is 0.254 e. The second-order valence-electron chi connectivity index (χ2n) is 5.25. The van der Waals surface area contributed by atoms with E-state index in [-0.39, 0.29) is 5.91 Å². The second kappa shape index (κ2) is 6.47. The number of carbonyl (C=O) groups is 2. The first-order valence-electron chi connectivity index (χ1n) is 7.27. The topological polar surface area (TPSA) is 77.1 Å². The van der Waals surface area contributed by atoms with Gasteiger partial charge in [0.1, 0.15) is 6.04 Å². The Balaban J connectivity index is 2.28. The van der Waals surface area contributed by atoms with Crippen LogP contribution in [-0.4, -0.2) is 16.4 Å². The minimum atomic E-state index is -0.835. The van der Waals surface area contributed by atoms with E-state index in [0.717, 1.165) is 17.9 Å². The van der Waals surface area contributed by atoms with E-state index in [9.17, 15) is 9.59 Å². The second-order valence-corrected chi connectivity index (χ2v) is 5.25. The lowest BCUT2D eigenvalue weighted by Gasteiger charge is -2.16. The highest BCUT2D eigenvalue weighted by molar-refractivity contribution is 5.98. The molecule has 5 heteroatoms. The van der Waals surface area contributed by atoms with Crippen LogP contribution in [0.3, 0.4) is 0 Å². The van der Waals surface area contributed by atoms with Crippen LogP contribution in [-0.2, 0) is 11.3 Å². The summed E-state index contributed by atoms with van der Waals surface area (Å²) in [6, 6.07) is 9.99. The van der Waals surface area contributed by atoms with E-state index in [0.29, 0.717) is 11.1 Å². The SMILES string of the molecule is CCn1c(C)cc(C(=O)N[C@@H](C(N)=O)c2ccccc2)c1C. The normalized spacial score (nSPS) is 12.0. The Bertz CT molecular complexity index is 689. The summed E-state index contributed by atoms with van der Waals surface area (Å²) in [5, 5.41) is 2.73. The van der Waals surface area contributed by atoms with Crippen molar-refractivity contribution in [2.75, 3.05) is 0 Å². The molecule has 2 amide bonds. The van der Waals surface area contributed by atoms with Crippen molar-refractivity contribution in [3.8, 4) is 0 Å². The van der Waals surface area contributed by atoms with Crippen LogP contribution in [0.1, 0.15) is 40.3 Å². The Kier molecular flexibility index (Phi) is 4.65. The summed E-state index contributed by atoms with van der Waals surface area (Å²) in [6.07, 6.45) is 0. The average molecular weight is 299 g/mol. The number of nitrogens with two attached hydrogens (primary N) is 1. The van der Waals surface area contributed by atoms with Crippen molar-refractivity contribution >= 4 is 11.8 Å². The standard InChI is InChI=1S/C17H21N3O2/c1-4-20-11(2)10-14(12(20)3)17(22)19-15(16(18)21)13-8-6-5-7-9-13/h5-10,15H,4H2,1-3H3,(H2,18,21)(H,19,22)/t15-/m1/s1. The summed E-state index contributed by atoms with van der Waals surface area (Å²) < 4.78 is 2.05. The van der Waals surface area contributed by atoms with Gasteiger partial charge in [0.15, 0.2) is 0 Å². The molecule has 0 spiro atoms. The highest BCUT2D eigenvalue weighted by Crippen LogP contribution is 2.17. The molecule has 1 aromatic heterocycles. The summed E-state index contributed by atoms with van der Waals surface area (Å²) in [7, 11) is 0. The summed E-state index contributed by atoms with van der Waals surface area (Å²) in [5.41, 5.74) is 8.58. The summed E-state index contributed by atoms with van der Waals surface area (Å²) in [5.74, 6) is -0.871. The first-order valence-corrected chi connectivity index (χ1v) is 7.27. The van der Waals surface area contributed by atoms with E-state index >= 15 is 0 Å². The number of hydrogen-bond donors (Lipinski definition) is 2. The number of benzene rings is 1. The van der Waals surface area contributed by atoms with Crippen LogP contribution in [0.2, 0.25) is 0 Å². The molecule has 0 bridgehead atoms. The molecule has 2 aromatic rings. The lowest BCUT2D eigenvalue weighted by molar-refractivity contribution is -0.120. The number of aromatic nitrogens is 1. The van der Waals surface area contributed by atoms with Gasteiger partial charge in [-0.15, -0.1) is 0 Å². The molecule has 5 nitrogen and oxygen atoms in total. The molecule has 0 aliphatic heterocycles. The molecule has 22 heavy (non-hydrogen) atoms. The molecule has 0 aliphatic rings. The van der Waals surface area contributed by atoms with Gasteiger partial charge in [0.05, 0.1) is 5.56 Å². The molecule has 0 unspecified atom stereocenters. The summed E-state index contributed by atoms with van der Waals surface area (Å²) in [6.45, 7) is 6.67. The van der Waals surface area contributed by atoms with E-state index in [1.54, 1.807) is 24.3 Å². The fourth-order valence-electron chi connectivity index (χ4n) is 2.69. The van der Waals surface area contributed by atoms with Crippen molar-refractivity contribution in [1.82, 2.24) is 9.88 Å². The largest absolute Gasteiger partial charge is 0.368 e. The predicted molar refractivity (Wildman–Crippen MR) is 85.4 cm³/mol.